The van der Waals surface area contributed by atoms with Crippen LogP contribution < -0.4 is 4.57 Å². The maximum absolute atomic E-state index is 6.26. The lowest BCUT2D eigenvalue weighted by Crippen LogP contribution is -2.49. The van der Waals surface area contributed by atoms with Crippen molar-refractivity contribution in [2.75, 3.05) is 0 Å². The van der Waals surface area contributed by atoms with Crippen molar-refractivity contribution in [3.8, 4) is 11.3 Å². The summed E-state index contributed by atoms with van der Waals surface area (Å²) < 4.78 is 14.7. The van der Waals surface area contributed by atoms with Gasteiger partial charge in [0.2, 0.25) is 5.69 Å². The van der Waals surface area contributed by atoms with Crippen LogP contribution in [0.4, 0.5) is 0 Å². The standard InChI is InChI=1S/C28H36NO2/c1-5-6-7-8-12-23-14-11-16-25(22(23)4)27-26-15-10-9-13-24(26)17-18-29(27)28-30-20(2)19-21(3)31-28/h9-11,13-18,20-21,28H,5-8,12,19H2,1-4H3/q+1. The van der Waals surface area contributed by atoms with Crippen molar-refractivity contribution >= 4 is 10.8 Å². The third kappa shape index (κ3) is 4.83. The molecule has 0 spiro atoms. The van der Waals surface area contributed by atoms with Crippen molar-refractivity contribution in [1.82, 2.24) is 0 Å². The van der Waals surface area contributed by atoms with Crippen LogP contribution in [0.2, 0.25) is 0 Å². The topological polar surface area (TPSA) is 22.3 Å². The first-order valence-electron chi connectivity index (χ1n) is 11.9. The number of hydrogen-bond donors (Lipinski definition) is 0. The Morgan fingerprint density at radius 1 is 0.903 bits per heavy atom. The van der Waals surface area contributed by atoms with Gasteiger partial charge in [-0.1, -0.05) is 56.5 Å². The van der Waals surface area contributed by atoms with Gasteiger partial charge in [-0.2, -0.15) is 0 Å². The largest absolute Gasteiger partial charge is 0.382 e. The molecule has 3 nitrogen and oxygen atoms in total. The minimum absolute atomic E-state index is 0.173. The third-order valence-electron chi connectivity index (χ3n) is 6.48. The average Bonchev–Trinajstić information content (AvgIpc) is 2.76. The molecular formula is C28H36NO2+. The van der Waals surface area contributed by atoms with Gasteiger partial charge in [0.25, 0.3) is 0 Å². The van der Waals surface area contributed by atoms with E-state index < -0.39 is 6.41 Å². The average molecular weight is 419 g/mol. The Hall–Kier alpha value is -2.23. The first-order chi connectivity index (χ1) is 15.1. The number of fused-ring (bicyclic) bond motifs is 1. The summed E-state index contributed by atoms with van der Waals surface area (Å²) in [6, 6.07) is 17.5. The van der Waals surface area contributed by atoms with Gasteiger partial charge in [-0.05, 0) is 68.7 Å². The highest BCUT2D eigenvalue weighted by atomic mass is 16.7. The van der Waals surface area contributed by atoms with Crippen LogP contribution in [0.3, 0.4) is 0 Å². The Labute approximate surface area is 187 Å². The SMILES string of the molecule is CCCCCCc1cccc(-c2c3ccccc3cc[n+]2C2OC(C)CC(C)O2)c1C. The summed E-state index contributed by atoms with van der Waals surface area (Å²) in [4.78, 5) is 0. The minimum atomic E-state index is -0.411. The Kier molecular flexibility index (Phi) is 7.04. The van der Waals surface area contributed by atoms with Gasteiger partial charge < -0.3 is 0 Å². The Morgan fingerprint density at radius 3 is 2.45 bits per heavy atom. The van der Waals surface area contributed by atoms with E-state index in [-0.39, 0.29) is 12.2 Å². The van der Waals surface area contributed by atoms with Crippen LogP contribution in [0.5, 0.6) is 0 Å². The van der Waals surface area contributed by atoms with Crippen molar-refractivity contribution < 1.29 is 14.0 Å². The molecule has 0 amide bonds. The van der Waals surface area contributed by atoms with E-state index in [1.54, 1.807) is 0 Å². The van der Waals surface area contributed by atoms with Crippen molar-refractivity contribution in [2.45, 2.75) is 84.8 Å². The van der Waals surface area contributed by atoms with E-state index in [2.05, 4.69) is 87.0 Å². The molecule has 2 unspecified atom stereocenters. The molecule has 0 saturated carbocycles. The summed E-state index contributed by atoms with van der Waals surface area (Å²) in [6.07, 6.45) is 9.25. The first-order valence-corrected chi connectivity index (χ1v) is 11.9. The van der Waals surface area contributed by atoms with Gasteiger partial charge in [0.1, 0.15) is 0 Å². The highest BCUT2D eigenvalue weighted by Crippen LogP contribution is 2.32. The second-order valence-electron chi connectivity index (χ2n) is 9.00. The van der Waals surface area contributed by atoms with Gasteiger partial charge in [0.15, 0.2) is 6.20 Å². The Morgan fingerprint density at radius 2 is 1.68 bits per heavy atom. The summed E-state index contributed by atoms with van der Waals surface area (Å²) in [5.41, 5.74) is 5.25. The smallest absolute Gasteiger partial charge is 0.294 e. The van der Waals surface area contributed by atoms with Crippen LogP contribution in [0.25, 0.3) is 22.0 Å². The zero-order valence-corrected chi connectivity index (χ0v) is 19.4. The van der Waals surface area contributed by atoms with Crippen LogP contribution in [0.15, 0.2) is 54.7 Å². The normalized spacial score (nSPS) is 21.5. The molecule has 2 aromatic carbocycles. The predicted molar refractivity (Wildman–Crippen MR) is 127 cm³/mol. The lowest BCUT2D eigenvalue weighted by atomic mass is 9.93. The first kappa shape index (κ1) is 22.0. The maximum Gasteiger partial charge on any atom is 0.382 e. The van der Waals surface area contributed by atoms with Gasteiger partial charge in [-0.15, -0.1) is 4.57 Å². The molecule has 1 saturated heterocycles. The molecule has 3 aromatic rings. The Bertz CT molecular complexity index is 1020. The van der Waals surface area contributed by atoms with Crippen LogP contribution in [-0.4, -0.2) is 12.2 Å². The van der Waals surface area contributed by atoms with E-state index in [0.717, 1.165) is 12.8 Å². The van der Waals surface area contributed by atoms with E-state index in [1.165, 1.54) is 58.8 Å². The van der Waals surface area contributed by atoms with Gasteiger partial charge in [-0.25, -0.2) is 0 Å². The molecule has 0 N–H and O–H groups in total. The number of aromatic nitrogens is 1. The number of unbranched alkanes of at least 4 members (excludes halogenated alkanes) is 3. The monoisotopic (exact) mass is 418 g/mol. The summed E-state index contributed by atoms with van der Waals surface area (Å²) in [5.74, 6) is 0. The molecule has 2 heterocycles. The fourth-order valence-corrected chi connectivity index (χ4v) is 4.78. The fraction of sp³-hybridized carbons (Fsp3) is 0.464. The maximum atomic E-state index is 6.26. The zero-order chi connectivity index (χ0) is 21.8. The molecule has 0 aliphatic carbocycles. The highest BCUT2D eigenvalue weighted by Gasteiger charge is 2.35. The fourth-order valence-electron chi connectivity index (χ4n) is 4.78. The zero-order valence-electron chi connectivity index (χ0n) is 19.4. The molecule has 0 radical (unpaired) electrons. The molecule has 31 heavy (non-hydrogen) atoms. The molecule has 1 aromatic heterocycles. The molecule has 1 aliphatic heterocycles. The van der Waals surface area contributed by atoms with E-state index >= 15 is 0 Å². The van der Waals surface area contributed by atoms with Crippen molar-refractivity contribution in [3.63, 3.8) is 0 Å². The number of aryl methyl sites for hydroxylation is 1. The minimum Gasteiger partial charge on any atom is -0.294 e. The summed E-state index contributed by atoms with van der Waals surface area (Å²) in [5, 5.41) is 2.47. The van der Waals surface area contributed by atoms with E-state index in [9.17, 15) is 0 Å². The van der Waals surface area contributed by atoms with Crippen molar-refractivity contribution in [2.24, 2.45) is 0 Å². The van der Waals surface area contributed by atoms with E-state index in [4.69, 9.17) is 9.47 Å². The lowest BCUT2D eigenvalue weighted by Gasteiger charge is -2.29. The summed E-state index contributed by atoms with van der Waals surface area (Å²) >= 11 is 0. The van der Waals surface area contributed by atoms with Crippen molar-refractivity contribution in [1.29, 1.82) is 0 Å². The lowest BCUT2D eigenvalue weighted by molar-refractivity contribution is -0.805. The molecule has 164 valence electrons. The summed E-state index contributed by atoms with van der Waals surface area (Å²) in [6.45, 7) is 8.80. The number of nitrogens with zero attached hydrogens (tertiary/aromatic N) is 1. The number of benzene rings is 2. The number of hydrogen-bond acceptors (Lipinski definition) is 2. The molecule has 0 bridgehead atoms. The molecular weight excluding hydrogens is 382 g/mol. The van der Waals surface area contributed by atoms with Crippen molar-refractivity contribution in [3.05, 3.63) is 65.9 Å². The van der Waals surface area contributed by atoms with Crippen LogP contribution in [0, 0.1) is 6.92 Å². The van der Waals surface area contributed by atoms with Crippen LogP contribution in [0.1, 0.15) is 70.4 Å². The highest BCUT2D eigenvalue weighted by molar-refractivity contribution is 5.93. The molecule has 4 rings (SSSR count). The van der Waals surface area contributed by atoms with Crippen LogP contribution >= 0.6 is 0 Å². The molecule has 1 aliphatic rings. The van der Waals surface area contributed by atoms with Gasteiger partial charge >= 0.3 is 6.41 Å². The van der Waals surface area contributed by atoms with Gasteiger partial charge in [-0.3, -0.25) is 9.47 Å². The second kappa shape index (κ2) is 9.93. The van der Waals surface area contributed by atoms with Crippen LogP contribution in [-0.2, 0) is 15.9 Å². The second-order valence-corrected chi connectivity index (χ2v) is 9.00. The quantitative estimate of drug-likeness (QED) is 0.308. The third-order valence-corrected chi connectivity index (χ3v) is 6.48. The molecule has 3 heteroatoms. The summed E-state index contributed by atoms with van der Waals surface area (Å²) in [7, 11) is 0. The number of ether oxygens (including phenoxy) is 2. The van der Waals surface area contributed by atoms with Gasteiger partial charge in [0, 0.05) is 6.07 Å². The Balaban J connectivity index is 1.81. The van der Waals surface area contributed by atoms with E-state index in [0.29, 0.717) is 0 Å². The number of rotatable bonds is 7. The van der Waals surface area contributed by atoms with E-state index in [1.807, 2.05) is 0 Å². The molecule has 1 fully saturated rings. The molecule has 2 atom stereocenters. The van der Waals surface area contributed by atoms with Gasteiger partial charge in [0.05, 0.1) is 23.2 Å². The number of pyridine rings is 1. The predicted octanol–water partition coefficient (Wildman–Crippen LogP) is 6.90.